The van der Waals surface area contributed by atoms with E-state index in [1.165, 1.54) is 0 Å². The van der Waals surface area contributed by atoms with Crippen LogP contribution in [0.1, 0.15) is 17.3 Å². The minimum absolute atomic E-state index is 0.168. The molecule has 1 saturated heterocycles. The maximum Gasteiger partial charge on any atom is 0.340 e. The summed E-state index contributed by atoms with van der Waals surface area (Å²) in [6.07, 6.45) is 0. The van der Waals surface area contributed by atoms with Gasteiger partial charge in [0.2, 0.25) is 0 Å². The molecule has 3 N–H and O–H groups in total. The van der Waals surface area contributed by atoms with Crippen LogP contribution in [0.4, 0.5) is 11.4 Å². The Bertz CT molecular complexity index is 485. The lowest BCUT2D eigenvalue weighted by Gasteiger charge is -2.37. The Balaban J connectivity index is 2.18. The van der Waals surface area contributed by atoms with Crippen molar-refractivity contribution in [2.45, 2.75) is 6.92 Å². The molecule has 0 aliphatic carbocycles. The number of hydrogen-bond donors (Lipinski definition) is 2. The van der Waals surface area contributed by atoms with Crippen LogP contribution in [-0.2, 0) is 4.74 Å². The van der Waals surface area contributed by atoms with E-state index in [0.717, 1.165) is 31.9 Å². The Morgan fingerprint density at radius 3 is 2.67 bits per heavy atom. The van der Waals surface area contributed by atoms with E-state index in [1.54, 1.807) is 25.1 Å². The molecule has 1 aliphatic heterocycles. The second kappa shape index (κ2) is 7.28. The fourth-order valence-electron chi connectivity index (χ4n) is 2.62. The first kappa shape index (κ1) is 15.6. The SMILES string of the molecule is CCOC(=O)c1cccc(N)c1N1CCN(CCO)CC1. The maximum absolute atomic E-state index is 12.1. The number of anilines is 2. The van der Waals surface area contributed by atoms with E-state index in [1.807, 2.05) is 0 Å². The highest BCUT2D eigenvalue weighted by Crippen LogP contribution is 2.29. The van der Waals surface area contributed by atoms with Crippen molar-refractivity contribution in [1.29, 1.82) is 0 Å². The monoisotopic (exact) mass is 293 g/mol. The first-order valence-corrected chi connectivity index (χ1v) is 7.31. The van der Waals surface area contributed by atoms with Gasteiger partial charge >= 0.3 is 5.97 Å². The zero-order valence-corrected chi connectivity index (χ0v) is 12.4. The van der Waals surface area contributed by atoms with Crippen LogP contribution in [0.15, 0.2) is 18.2 Å². The minimum atomic E-state index is -0.336. The molecule has 2 rings (SSSR count). The standard InChI is InChI=1S/C15H23N3O3/c1-2-21-15(20)12-4-3-5-13(16)14(12)18-8-6-17(7-9-18)10-11-19/h3-5,19H,2,6-11,16H2,1H3. The van der Waals surface area contributed by atoms with E-state index in [2.05, 4.69) is 9.80 Å². The largest absolute Gasteiger partial charge is 0.462 e. The molecule has 6 heteroatoms. The molecule has 1 aliphatic rings. The highest BCUT2D eigenvalue weighted by molar-refractivity contribution is 5.99. The highest BCUT2D eigenvalue weighted by Gasteiger charge is 2.23. The van der Waals surface area contributed by atoms with Crippen molar-refractivity contribution in [3.63, 3.8) is 0 Å². The molecule has 116 valence electrons. The van der Waals surface area contributed by atoms with Crippen molar-refractivity contribution in [2.24, 2.45) is 0 Å². The van der Waals surface area contributed by atoms with Crippen LogP contribution in [0.2, 0.25) is 0 Å². The van der Waals surface area contributed by atoms with Gasteiger partial charge in [-0.3, -0.25) is 4.90 Å². The number of carbonyl (C=O) groups excluding carboxylic acids is 1. The average molecular weight is 293 g/mol. The summed E-state index contributed by atoms with van der Waals surface area (Å²) in [5, 5.41) is 8.99. The number of nitrogen functional groups attached to an aromatic ring is 1. The Morgan fingerprint density at radius 1 is 1.33 bits per heavy atom. The van der Waals surface area contributed by atoms with Gasteiger partial charge in [-0.2, -0.15) is 0 Å². The van der Waals surface area contributed by atoms with Gasteiger partial charge in [0, 0.05) is 32.7 Å². The summed E-state index contributed by atoms with van der Waals surface area (Å²) >= 11 is 0. The van der Waals surface area contributed by atoms with E-state index in [0.29, 0.717) is 24.4 Å². The Morgan fingerprint density at radius 2 is 2.05 bits per heavy atom. The molecule has 0 spiro atoms. The molecule has 21 heavy (non-hydrogen) atoms. The molecule has 6 nitrogen and oxygen atoms in total. The van der Waals surface area contributed by atoms with Crippen molar-refractivity contribution in [2.75, 3.05) is 56.6 Å². The summed E-state index contributed by atoms with van der Waals surface area (Å²) in [7, 11) is 0. The lowest BCUT2D eigenvalue weighted by molar-refractivity contribution is 0.0527. The predicted octanol–water partition coefficient (Wildman–Crippen LogP) is 0.560. The summed E-state index contributed by atoms with van der Waals surface area (Å²) in [6.45, 7) is 6.23. The normalized spacial score (nSPS) is 16.0. The molecular formula is C15H23N3O3. The van der Waals surface area contributed by atoms with Gasteiger partial charge < -0.3 is 20.5 Å². The van der Waals surface area contributed by atoms with E-state index in [-0.39, 0.29) is 12.6 Å². The fraction of sp³-hybridized carbons (Fsp3) is 0.533. The number of aliphatic hydroxyl groups excluding tert-OH is 1. The van der Waals surface area contributed by atoms with Crippen molar-refractivity contribution >= 4 is 17.3 Å². The van der Waals surface area contributed by atoms with Crippen LogP contribution in [-0.4, -0.2) is 61.9 Å². The molecule has 0 radical (unpaired) electrons. The number of β-amino-alcohol motifs (C(OH)–C–C–N with tert-alkyl or cyclic N) is 1. The van der Waals surface area contributed by atoms with E-state index >= 15 is 0 Å². The second-order valence-corrected chi connectivity index (χ2v) is 5.02. The summed E-state index contributed by atoms with van der Waals surface area (Å²) in [6, 6.07) is 5.33. The van der Waals surface area contributed by atoms with Gasteiger partial charge in [-0.25, -0.2) is 4.79 Å². The van der Waals surface area contributed by atoms with E-state index < -0.39 is 0 Å². The molecule has 1 fully saturated rings. The quantitative estimate of drug-likeness (QED) is 0.610. The number of piperazine rings is 1. The van der Waals surface area contributed by atoms with Gasteiger partial charge in [0.1, 0.15) is 0 Å². The molecule has 0 unspecified atom stereocenters. The lowest BCUT2D eigenvalue weighted by atomic mass is 10.1. The molecule has 0 atom stereocenters. The zero-order valence-electron chi connectivity index (χ0n) is 12.4. The third-order valence-electron chi connectivity index (χ3n) is 3.67. The van der Waals surface area contributed by atoms with Crippen molar-refractivity contribution in [3.05, 3.63) is 23.8 Å². The first-order chi connectivity index (χ1) is 10.2. The van der Waals surface area contributed by atoms with Crippen LogP contribution in [0.5, 0.6) is 0 Å². The van der Waals surface area contributed by atoms with Gasteiger partial charge in [0.05, 0.1) is 30.2 Å². The molecule has 0 bridgehead atoms. The van der Waals surface area contributed by atoms with Crippen LogP contribution < -0.4 is 10.6 Å². The lowest BCUT2D eigenvalue weighted by Crippen LogP contribution is -2.47. The number of ether oxygens (including phenoxy) is 1. The number of aliphatic hydroxyl groups is 1. The topological polar surface area (TPSA) is 79.0 Å². The number of carbonyl (C=O) groups is 1. The van der Waals surface area contributed by atoms with Gasteiger partial charge in [-0.1, -0.05) is 6.07 Å². The summed E-state index contributed by atoms with van der Waals surface area (Å²) < 4.78 is 5.11. The Hall–Kier alpha value is -1.79. The van der Waals surface area contributed by atoms with Gasteiger partial charge in [0.15, 0.2) is 0 Å². The average Bonchev–Trinajstić information content (AvgIpc) is 2.48. The summed E-state index contributed by atoms with van der Waals surface area (Å²) in [5.74, 6) is -0.336. The molecular weight excluding hydrogens is 270 g/mol. The Kier molecular flexibility index (Phi) is 5.41. The van der Waals surface area contributed by atoms with Crippen molar-refractivity contribution in [3.8, 4) is 0 Å². The molecule has 1 aromatic rings. The Labute approximate surface area is 125 Å². The smallest absolute Gasteiger partial charge is 0.340 e. The third kappa shape index (κ3) is 3.65. The molecule has 0 aromatic heterocycles. The number of benzene rings is 1. The van der Waals surface area contributed by atoms with Crippen LogP contribution in [0, 0.1) is 0 Å². The summed E-state index contributed by atoms with van der Waals surface area (Å²) in [5.41, 5.74) is 7.95. The second-order valence-electron chi connectivity index (χ2n) is 5.02. The number of para-hydroxylation sites is 1. The third-order valence-corrected chi connectivity index (χ3v) is 3.67. The number of esters is 1. The fourth-order valence-corrected chi connectivity index (χ4v) is 2.62. The zero-order chi connectivity index (χ0) is 15.2. The van der Waals surface area contributed by atoms with Gasteiger partial charge in [0.25, 0.3) is 0 Å². The predicted molar refractivity (Wildman–Crippen MR) is 82.5 cm³/mol. The molecule has 0 amide bonds. The van der Waals surface area contributed by atoms with Crippen LogP contribution >= 0.6 is 0 Å². The van der Waals surface area contributed by atoms with Crippen molar-refractivity contribution in [1.82, 2.24) is 4.90 Å². The molecule has 0 saturated carbocycles. The minimum Gasteiger partial charge on any atom is -0.462 e. The number of hydrogen-bond acceptors (Lipinski definition) is 6. The highest BCUT2D eigenvalue weighted by atomic mass is 16.5. The van der Waals surface area contributed by atoms with Crippen LogP contribution in [0.3, 0.4) is 0 Å². The van der Waals surface area contributed by atoms with E-state index in [4.69, 9.17) is 15.6 Å². The van der Waals surface area contributed by atoms with Gasteiger partial charge in [-0.15, -0.1) is 0 Å². The van der Waals surface area contributed by atoms with Crippen LogP contribution in [0.25, 0.3) is 0 Å². The van der Waals surface area contributed by atoms with Crippen molar-refractivity contribution < 1.29 is 14.6 Å². The number of rotatable bonds is 5. The van der Waals surface area contributed by atoms with Gasteiger partial charge in [-0.05, 0) is 19.1 Å². The molecule has 1 heterocycles. The number of nitrogens with two attached hydrogens (primary N) is 1. The molecule has 1 aromatic carbocycles. The van der Waals surface area contributed by atoms with E-state index in [9.17, 15) is 4.79 Å². The number of nitrogens with zero attached hydrogens (tertiary/aromatic N) is 2. The maximum atomic E-state index is 12.1. The summed E-state index contributed by atoms with van der Waals surface area (Å²) in [4.78, 5) is 16.4. The first-order valence-electron chi connectivity index (χ1n) is 7.31.